The molecule has 5 nitrogen and oxygen atoms in total. The van der Waals surface area contributed by atoms with Crippen LogP contribution in [0.3, 0.4) is 0 Å². The molecular weight excluding hydrogens is 294 g/mol. The van der Waals surface area contributed by atoms with Crippen molar-refractivity contribution in [2.45, 2.75) is 6.54 Å². The van der Waals surface area contributed by atoms with E-state index in [-0.39, 0.29) is 11.3 Å². The van der Waals surface area contributed by atoms with Gasteiger partial charge < -0.3 is 14.4 Å². The lowest BCUT2D eigenvalue weighted by atomic mass is 10.1. The van der Waals surface area contributed by atoms with Gasteiger partial charge in [0.15, 0.2) is 5.56 Å². The number of nitrogens with zero attached hydrogens (tertiary/aromatic N) is 1. The second kappa shape index (κ2) is 5.96. The smallest absolute Gasteiger partial charge is 0.347 e. The molecule has 0 radical (unpaired) electrons. The molecule has 1 heterocycles. The number of fused-ring (bicyclic) bond motifs is 1. The molecule has 0 saturated carbocycles. The first-order valence-corrected chi connectivity index (χ1v) is 7.10. The molecule has 0 saturated heterocycles. The van der Waals surface area contributed by atoms with Gasteiger partial charge in [-0.25, -0.2) is 4.79 Å². The first-order valence-electron chi connectivity index (χ1n) is 7.10. The van der Waals surface area contributed by atoms with Crippen molar-refractivity contribution in [2.75, 3.05) is 7.11 Å². The van der Waals surface area contributed by atoms with Gasteiger partial charge in [-0.15, -0.1) is 0 Å². The Balaban J connectivity index is 2.31. The molecule has 0 aliphatic heterocycles. The number of aromatic nitrogens is 1. The van der Waals surface area contributed by atoms with Gasteiger partial charge in [0.2, 0.25) is 0 Å². The van der Waals surface area contributed by atoms with Crippen LogP contribution in [0.1, 0.15) is 15.9 Å². The summed E-state index contributed by atoms with van der Waals surface area (Å²) >= 11 is 0. The van der Waals surface area contributed by atoms with Gasteiger partial charge >= 0.3 is 5.97 Å². The number of methoxy groups -OCH3 is 1. The molecule has 0 amide bonds. The molecule has 2 aromatic carbocycles. The highest BCUT2D eigenvalue weighted by atomic mass is 16.5. The SMILES string of the molecule is COC(=O)c1c(O)c2ccccc2n(Cc2ccccc2)c1=O. The molecule has 23 heavy (non-hydrogen) atoms. The third kappa shape index (κ3) is 2.57. The number of benzene rings is 2. The minimum absolute atomic E-state index is 0.296. The van der Waals surface area contributed by atoms with Crippen LogP contribution in [0.4, 0.5) is 0 Å². The molecule has 1 aromatic heterocycles. The van der Waals surface area contributed by atoms with Gasteiger partial charge in [0.25, 0.3) is 5.56 Å². The standard InChI is InChI=1S/C18H15NO4/c1-23-18(22)15-16(20)13-9-5-6-10-14(13)19(17(15)21)11-12-7-3-2-4-8-12/h2-10,20H,11H2,1H3. The minimum atomic E-state index is -0.847. The minimum Gasteiger partial charge on any atom is -0.506 e. The topological polar surface area (TPSA) is 68.5 Å². The van der Waals surface area contributed by atoms with E-state index in [4.69, 9.17) is 0 Å². The molecule has 116 valence electrons. The fourth-order valence-corrected chi connectivity index (χ4v) is 2.60. The number of pyridine rings is 1. The molecule has 3 rings (SSSR count). The summed E-state index contributed by atoms with van der Waals surface area (Å²) in [5.41, 5.74) is 0.562. The van der Waals surface area contributed by atoms with E-state index in [9.17, 15) is 14.7 Å². The highest BCUT2D eigenvalue weighted by Crippen LogP contribution is 2.27. The van der Waals surface area contributed by atoms with Gasteiger partial charge in [-0.2, -0.15) is 0 Å². The average molecular weight is 309 g/mol. The van der Waals surface area contributed by atoms with E-state index < -0.39 is 11.5 Å². The van der Waals surface area contributed by atoms with Crippen LogP contribution in [0, 0.1) is 0 Å². The molecule has 0 bridgehead atoms. The molecule has 0 fully saturated rings. The Bertz CT molecular complexity index is 929. The van der Waals surface area contributed by atoms with Gasteiger partial charge in [-0.1, -0.05) is 42.5 Å². The quantitative estimate of drug-likeness (QED) is 0.755. The van der Waals surface area contributed by atoms with E-state index >= 15 is 0 Å². The lowest BCUT2D eigenvalue weighted by molar-refractivity contribution is 0.0595. The first kappa shape index (κ1) is 14.8. The Morgan fingerprint density at radius 2 is 1.74 bits per heavy atom. The van der Waals surface area contributed by atoms with Crippen molar-refractivity contribution in [3.8, 4) is 5.75 Å². The van der Waals surface area contributed by atoms with E-state index in [1.165, 1.54) is 11.7 Å². The van der Waals surface area contributed by atoms with Gasteiger partial charge in [0, 0.05) is 5.39 Å². The highest BCUT2D eigenvalue weighted by Gasteiger charge is 2.22. The normalized spacial score (nSPS) is 10.7. The average Bonchev–Trinajstić information content (AvgIpc) is 2.59. The maximum atomic E-state index is 12.7. The number of carbonyl (C=O) groups is 1. The first-order chi connectivity index (χ1) is 11.1. The van der Waals surface area contributed by atoms with Crippen molar-refractivity contribution in [1.29, 1.82) is 0 Å². The Kier molecular flexibility index (Phi) is 3.85. The Hall–Kier alpha value is -3.08. The summed E-state index contributed by atoms with van der Waals surface area (Å²) in [6, 6.07) is 16.4. The molecular formula is C18H15NO4. The van der Waals surface area contributed by atoms with E-state index in [0.29, 0.717) is 17.4 Å². The van der Waals surface area contributed by atoms with Crippen molar-refractivity contribution >= 4 is 16.9 Å². The summed E-state index contributed by atoms with van der Waals surface area (Å²) in [7, 11) is 1.18. The van der Waals surface area contributed by atoms with Crippen LogP contribution in [0.15, 0.2) is 59.4 Å². The molecule has 5 heteroatoms. The molecule has 0 aliphatic rings. The molecule has 0 unspecified atom stereocenters. The number of para-hydroxylation sites is 1. The molecule has 1 N–H and O–H groups in total. The second-order valence-corrected chi connectivity index (χ2v) is 5.11. The van der Waals surface area contributed by atoms with Crippen molar-refractivity contribution in [2.24, 2.45) is 0 Å². The third-order valence-corrected chi connectivity index (χ3v) is 3.72. The number of carbonyl (C=O) groups excluding carboxylic acids is 1. The Morgan fingerprint density at radius 1 is 1.09 bits per heavy atom. The van der Waals surface area contributed by atoms with Gasteiger partial charge in [-0.3, -0.25) is 4.79 Å². The van der Waals surface area contributed by atoms with Crippen LogP contribution in [0.25, 0.3) is 10.9 Å². The van der Waals surface area contributed by atoms with E-state index in [2.05, 4.69) is 4.74 Å². The summed E-state index contributed by atoms with van der Waals surface area (Å²) in [6.45, 7) is 0.296. The summed E-state index contributed by atoms with van der Waals surface area (Å²) in [5.74, 6) is -1.19. The van der Waals surface area contributed by atoms with E-state index in [0.717, 1.165) is 5.56 Å². The maximum absolute atomic E-state index is 12.7. The zero-order valence-electron chi connectivity index (χ0n) is 12.5. The van der Waals surface area contributed by atoms with Gasteiger partial charge in [0.05, 0.1) is 19.2 Å². The van der Waals surface area contributed by atoms with Gasteiger partial charge in [-0.05, 0) is 17.7 Å². The fraction of sp³-hybridized carbons (Fsp3) is 0.111. The predicted molar refractivity (Wildman–Crippen MR) is 86.8 cm³/mol. The Labute approximate surface area is 132 Å². The van der Waals surface area contributed by atoms with Gasteiger partial charge in [0.1, 0.15) is 5.75 Å². The maximum Gasteiger partial charge on any atom is 0.347 e. The molecule has 0 atom stereocenters. The summed E-state index contributed by atoms with van der Waals surface area (Å²) in [5, 5.41) is 10.7. The van der Waals surface area contributed by atoms with Crippen molar-refractivity contribution < 1.29 is 14.6 Å². The third-order valence-electron chi connectivity index (χ3n) is 3.72. The number of esters is 1. The highest BCUT2D eigenvalue weighted by molar-refractivity contribution is 5.99. The van der Waals surface area contributed by atoms with Crippen LogP contribution in [0.2, 0.25) is 0 Å². The number of hydrogen-bond acceptors (Lipinski definition) is 4. The number of ether oxygens (including phenoxy) is 1. The van der Waals surface area contributed by atoms with Crippen LogP contribution in [-0.4, -0.2) is 22.8 Å². The molecule has 0 spiro atoms. The van der Waals surface area contributed by atoms with Crippen molar-refractivity contribution in [3.63, 3.8) is 0 Å². The van der Waals surface area contributed by atoms with Crippen LogP contribution >= 0.6 is 0 Å². The van der Waals surface area contributed by atoms with E-state index in [1.807, 2.05) is 30.3 Å². The van der Waals surface area contributed by atoms with E-state index in [1.54, 1.807) is 24.3 Å². The number of hydrogen-bond donors (Lipinski definition) is 1. The van der Waals surface area contributed by atoms with Crippen LogP contribution < -0.4 is 5.56 Å². The van der Waals surface area contributed by atoms with Crippen LogP contribution in [-0.2, 0) is 11.3 Å². The second-order valence-electron chi connectivity index (χ2n) is 5.11. The summed E-state index contributed by atoms with van der Waals surface area (Å²) < 4.78 is 6.11. The monoisotopic (exact) mass is 309 g/mol. The largest absolute Gasteiger partial charge is 0.506 e. The lowest BCUT2D eigenvalue weighted by Gasteiger charge is -2.14. The fourth-order valence-electron chi connectivity index (χ4n) is 2.60. The van der Waals surface area contributed by atoms with Crippen LogP contribution in [0.5, 0.6) is 5.75 Å². The zero-order chi connectivity index (χ0) is 16.4. The lowest BCUT2D eigenvalue weighted by Crippen LogP contribution is -2.28. The summed E-state index contributed by atoms with van der Waals surface area (Å²) in [4.78, 5) is 24.6. The number of aromatic hydroxyl groups is 1. The van der Waals surface area contributed by atoms with Crippen molar-refractivity contribution in [1.82, 2.24) is 4.57 Å². The predicted octanol–water partition coefficient (Wildman–Crippen LogP) is 2.54. The van der Waals surface area contributed by atoms with Crippen molar-refractivity contribution in [3.05, 3.63) is 76.1 Å². The zero-order valence-corrected chi connectivity index (χ0v) is 12.5. The summed E-state index contributed by atoms with van der Waals surface area (Å²) in [6.07, 6.45) is 0. The molecule has 3 aromatic rings. The molecule has 0 aliphatic carbocycles. The Morgan fingerprint density at radius 3 is 2.43 bits per heavy atom. The number of rotatable bonds is 3.